The van der Waals surface area contributed by atoms with Crippen molar-refractivity contribution >= 4 is 16.9 Å². The normalized spacial score (nSPS) is 11.0. The molecule has 24 heavy (non-hydrogen) atoms. The maximum absolute atomic E-state index is 12.4. The van der Waals surface area contributed by atoms with Gasteiger partial charge in [-0.3, -0.25) is 4.79 Å². The summed E-state index contributed by atoms with van der Waals surface area (Å²) in [5.41, 5.74) is 4.51. The second-order valence-electron chi connectivity index (χ2n) is 6.05. The summed E-state index contributed by atoms with van der Waals surface area (Å²) in [6, 6.07) is 11.4. The van der Waals surface area contributed by atoms with Gasteiger partial charge >= 0.3 is 0 Å². The fourth-order valence-electron chi connectivity index (χ4n) is 2.71. The Hall–Kier alpha value is -2.82. The smallest absolute Gasteiger partial charge is 0.251 e. The van der Waals surface area contributed by atoms with E-state index in [-0.39, 0.29) is 5.91 Å². The highest BCUT2D eigenvalue weighted by atomic mass is 16.5. The van der Waals surface area contributed by atoms with Crippen molar-refractivity contribution < 1.29 is 9.53 Å². The Labute approximate surface area is 141 Å². The summed E-state index contributed by atoms with van der Waals surface area (Å²) in [5, 5.41) is 2.96. The Bertz CT molecular complexity index is 868. The van der Waals surface area contributed by atoms with E-state index in [4.69, 9.17) is 4.74 Å². The van der Waals surface area contributed by atoms with E-state index in [1.165, 1.54) is 0 Å². The Morgan fingerprint density at radius 1 is 1.25 bits per heavy atom. The number of H-pyrrole nitrogens is 1. The molecule has 0 saturated heterocycles. The Balaban J connectivity index is 1.72. The van der Waals surface area contributed by atoms with Crippen LogP contribution in [0.15, 0.2) is 42.7 Å². The average Bonchev–Trinajstić information content (AvgIpc) is 3.06. The number of carbonyl (C=O) groups is 1. The van der Waals surface area contributed by atoms with E-state index in [2.05, 4.69) is 35.2 Å². The quantitative estimate of drug-likeness (QED) is 0.753. The molecule has 0 aliphatic rings. The molecule has 0 unspecified atom stereocenters. The monoisotopic (exact) mass is 323 g/mol. The van der Waals surface area contributed by atoms with Crippen LogP contribution in [0.25, 0.3) is 11.0 Å². The summed E-state index contributed by atoms with van der Waals surface area (Å²) >= 11 is 0. The summed E-state index contributed by atoms with van der Waals surface area (Å²) < 4.78 is 5.39. The van der Waals surface area contributed by atoms with Gasteiger partial charge in [0.1, 0.15) is 5.75 Å². The first-order valence-electron chi connectivity index (χ1n) is 7.96. The van der Waals surface area contributed by atoms with Crippen LogP contribution in [0.3, 0.4) is 0 Å². The second-order valence-corrected chi connectivity index (χ2v) is 6.05. The number of methoxy groups -OCH3 is 1. The number of aromatic amines is 1. The van der Waals surface area contributed by atoms with E-state index < -0.39 is 0 Å². The van der Waals surface area contributed by atoms with Gasteiger partial charge in [0.15, 0.2) is 0 Å². The lowest BCUT2D eigenvalue weighted by atomic mass is 9.99. The number of aromatic nitrogens is 2. The largest absolute Gasteiger partial charge is 0.496 e. The minimum Gasteiger partial charge on any atom is -0.496 e. The predicted molar refractivity (Wildman–Crippen MR) is 94.3 cm³/mol. The van der Waals surface area contributed by atoms with Crippen molar-refractivity contribution in [3.05, 3.63) is 59.4 Å². The minimum atomic E-state index is -0.103. The molecule has 1 amide bonds. The molecular weight excluding hydrogens is 302 g/mol. The predicted octanol–water partition coefficient (Wildman–Crippen LogP) is 3.62. The molecule has 3 aromatic rings. The molecule has 0 fully saturated rings. The van der Waals surface area contributed by atoms with E-state index in [9.17, 15) is 4.79 Å². The zero-order chi connectivity index (χ0) is 17.1. The summed E-state index contributed by atoms with van der Waals surface area (Å²) in [7, 11) is 1.67. The van der Waals surface area contributed by atoms with Gasteiger partial charge in [0.05, 0.1) is 24.5 Å². The van der Waals surface area contributed by atoms with E-state index in [0.717, 1.165) is 27.9 Å². The summed E-state index contributed by atoms with van der Waals surface area (Å²) in [6.45, 7) is 4.73. The van der Waals surface area contributed by atoms with Crippen molar-refractivity contribution in [3.8, 4) is 5.75 Å². The zero-order valence-corrected chi connectivity index (χ0v) is 14.1. The average molecular weight is 323 g/mol. The van der Waals surface area contributed by atoms with Gasteiger partial charge in [0.2, 0.25) is 0 Å². The number of hydrogen-bond acceptors (Lipinski definition) is 3. The number of benzene rings is 2. The van der Waals surface area contributed by atoms with Crippen LogP contribution in [-0.2, 0) is 6.54 Å². The summed E-state index contributed by atoms with van der Waals surface area (Å²) in [4.78, 5) is 19.5. The van der Waals surface area contributed by atoms with Crippen molar-refractivity contribution in [2.75, 3.05) is 7.11 Å². The molecule has 1 aromatic heterocycles. The van der Waals surface area contributed by atoms with Crippen molar-refractivity contribution in [2.45, 2.75) is 26.3 Å². The number of imidazole rings is 1. The molecule has 5 nitrogen and oxygen atoms in total. The molecule has 124 valence electrons. The van der Waals surface area contributed by atoms with E-state index in [0.29, 0.717) is 18.0 Å². The van der Waals surface area contributed by atoms with Gasteiger partial charge in [0, 0.05) is 12.1 Å². The van der Waals surface area contributed by atoms with Gasteiger partial charge in [-0.15, -0.1) is 0 Å². The minimum absolute atomic E-state index is 0.103. The fourth-order valence-corrected chi connectivity index (χ4v) is 2.71. The zero-order valence-electron chi connectivity index (χ0n) is 14.1. The number of ether oxygens (including phenoxy) is 1. The van der Waals surface area contributed by atoms with E-state index in [1.807, 2.05) is 24.3 Å². The van der Waals surface area contributed by atoms with E-state index in [1.54, 1.807) is 19.5 Å². The van der Waals surface area contributed by atoms with Crippen LogP contribution in [0.4, 0.5) is 0 Å². The number of carbonyl (C=O) groups excluding carboxylic acids is 1. The number of amides is 1. The van der Waals surface area contributed by atoms with Gasteiger partial charge in [0.25, 0.3) is 5.91 Å². The molecule has 0 atom stereocenters. The lowest BCUT2D eigenvalue weighted by molar-refractivity contribution is 0.0951. The first-order chi connectivity index (χ1) is 11.6. The van der Waals surface area contributed by atoms with Crippen molar-refractivity contribution in [1.82, 2.24) is 15.3 Å². The molecule has 3 rings (SSSR count). The number of nitrogens with one attached hydrogen (secondary N) is 2. The molecule has 2 aromatic carbocycles. The Morgan fingerprint density at radius 2 is 2.08 bits per heavy atom. The third-order valence-corrected chi connectivity index (χ3v) is 4.05. The number of hydrogen-bond donors (Lipinski definition) is 2. The van der Waals surface area contributed by atoms with E-state index >= 15 is 0 Å². The Morgan fingerprint density at radius 3 is 2.83 bits per heavy atom. The van der Waals surface area contributed by atoms with Crippen LogP contribution in [0.1, 0.15) is 41.3 Å². The standard InChI is InChI=1S/C19H21N3O2/c1-12(2)15-8-13(4-7-18(15)24-3)10-20-19(23)14-5-6-16-17(9-14)22-11-21-16/h4-9,11-12H,10H2,1-3H3,(H,20,23)(H,21,22). The van der Waals surface area contributed by atoms with Gasteiger partial charge in [-0.25, -0.2) is 4.98 Å². The highest BCUT2D eigenvalue weighted by Crippen LogP contribution is 2.27. The number of rotatable bonds is 5. The number of fused-ring (bicyclic) bond motifs is 1. The van der Waals surface area contributed by atoms with Crippen LogP contribution in [-0.4, -0.2) is 23.0 Å². The Kier molecular flexibility index (Phi) is 4.51. The SMILES string of the molecule is COc1ccc(CNC(=O)c2ccc3nc[nH]c3c2)cc1C(C)C. The van der Waals surface area contributed by atoms with Gasteiger partial charge < -0.3 is 15.0 Å². The third-order valence-electron chi connectivity index (χ3n) is 4.05. The molecule has 0 spiro atoms. The lowest BCUT2D eigenvalue weighted by Gasteiger charge is -2.14. The molecule has 0 saturated carbocycles. The molecule has 5 heteroatoms. The molecular formula is C19H21N3O2. The van der Waals surface area contributed by atoms with Crippen LogP contribution in [0.2, 0.25) is 0 Å². The van der Waals surface area contributed by atoms with Gasteiger partial charge in [-0.05, 0) is 41.3 Å². The van der Waals surface area contributed by atoms with Crippen molar-refractivity contribution in [1.29, 1.82) is 0 Å². The highest BCUT2D eigenvalue weighted by molar-refractivity contribution is 5.97. The summed E-state index contributed by atoms with van der Waals surface area (Å²) in [5.74, 6) is 1.14. The maximum Gasteiger partial charge on any atom is 0.251 e. The van der Waals surface area contributed by atoms with Crippen molar-refractivity contribution in [3.63, 3.8) is 0 Å². The molecule has 0 aliphatic heterocycles. The number of nitrogens with zero attached hydrogens (tertiary/aromatic N) is 1. The lowest BCUT2D eigenvalue weighted by Crippen LogP contribution is -2.22. The van der Waals surface area contributed by atoms with Gasteiger partial charge in [-0.2, -0.15) is 0 Å². The van der Waals surface area contributed by atoms with Crippen LogP contribution >= 0.6 is 0 Å². The first-order valence-corrected chi connectivity index (χ1v) is 7.96. The van der Waals surface area contributed by atoms with Crippen LogP contribution in [0.5, 0.6) is 5.75 Å². The molecule has 2 N–H and O–H groups in total. The summed E-state index contributed by atoms with van der Waals surface area (Å²) in [6.07, 6.45) is 1.62. The van der Waals surface area contributed by atoms with Gasteiger partial charge in [-0.1, -0.05) is 26.0 Å². The fraction of sp³-hybridized carbons (Fsp3) is 0.263. The molecule has 1 heterocycles. The topological polar surface area (TPSA) is 67.0 Å². The third kappa shape index (κ3) is 3.25. The first kappa shape index (κ1) is 16.1. The van der Waals surface area contributed by atoms with Crippen molar-refractivity contribution in [2.24, 2.45) is 0 Å². The molecule has 0 bridgehead atoms. The maximum atomic E-state index is 12.4. The molecule has 0 radical (unpaired) electrons. The molecule has 0 aliphatic carbocycles. The highest BCUT2D eigenvalue weighted by Gasteiger charge is 2.10. The second kappa shape index (κ2) is 6.74. The van der Waals surface area contributed by atoms with Crippen LogP contribution < -0.4 is 10.1 Å². The van der Waals surface area contributed by atoms with Crippen LogP contribution in [0, 0.1) is 0 Å².